The normalized spacial score (nSPS) is 16.9. The van der Waals surface area contributed by atoms with Crippen molar-refractivity contribution in [2.24, 2.45) is 5.92 Å². The van der Waals surface area contributed by atoms with Gasteiger partial charge in [-0.3, -0.25) is 10.1 Å². The van der Waals surface area contributed by atoms with Gasteiger partial charge in [0.15, 0.2) is 0 Å². The SMILES string of the molecule is CC[C@@H]1C[C@@H]1c1ccccc1NC(=O)c1cccc(NC(=O)OCc2ccccc2)c1. The van der Waals surface area contributed by atoms with Crippen LogP contribution in [-0.2, 0) is 11.3 Å². The Hall–Kier alpha value is -3.60. The van der Waals surface area contributed by atoms with E-state index in [0.717, 1.165) is 17.7 Å². The summed E-state index contributed by atoms with van der Waals surface area (Å²) in [6, 6.07) is 24.3. The number of carbonyl (C=O) groups excluding carboxylic acids is 2. The number of amides is 2. The summed E-state index contributed by atoms with van der Waals surface area (Å²) in [5.41, 5.74) is 3.94. The van der Waals surface area contributed by atoms with E-state index in [-0.39, 0.29) is 12.5 Å². The molecule has 2 atom stereocenters. The van der Waals surface area contributed by atoms with Gasteiger partial charge in [-0.2, -0.15) is 0 Å². The Bertz CT molecular complexity index is 1070. The molecule has 3 aromatic carbocycles. The van der Waals surface area contributed by atoms with E-state index in [4.69, 9.17) is 4.74 Å². The molecule has 0 aliphatic heterocycles. The Labute approximate surface area is 182 Å². The van der Waals surface area contributed by atoms with Crippen molar-refractivity contribution in [1.82, 2.24) is 0 Å². The highest BCUT2D eigenvalue weighted by molar-refractivity contribution is 6.05. The van der Waals surface area contributed by atoms with Gasteiger partial charge < -0.3 is 10.1 Å². The number of hydrogen-bond acceptors (Lipinski definition) is 3. The summed E-state index contributed by atoms with van der Waals surface area (Å²) in [5.74, 6) is 1.02. The Morgan fingerprint density at radius 3 is 2.48 bits per heavy atom. The lowest BCUT2D eigenvalue weighted by Gasteiger charge is -2.12. The van der Waals surface area contributed by atoms with Crippen molar-refractivity contribution < 1.29 is 14.3 Å². The zero-order chi connectivity index (χ0) is 21.6. The molecule has 0 unspecified atom stereocenters. The van der Waals surface area contributed by atoms with Crippen LogP contribution in [0.3, 0.4) is 0 Å². The zero-order valence-corrected chi connectivity index (χ0v) is 17.5. The highest BCUT2D eigenvalue weighted by atomic mass is 16.5. The van der Waals surface area contributed by atoms with Crippen molar-refractivity contribution in [2.75, 3.05) is 10.6 Å². The van der Waals surface area contributed by atoms with Crippen molar-refractivity contribution in [3.8, 4) is 0 Å². The van der Waals surface area contributed by atoms with Gasteiger partial charge in [-0.15, -0.1) is 0 Å². The van der Waals surface area contributed by atoms with Crippen LogP contribution in [0.15, 0.2) is 78.9 Å². The average Bonchev–Trinajstić information content (AvgIpc) is 3.59. The molecule has 1 aliphatic carbocycles. The molecule has 0 spiro atoms. The molecule has 31 heavy (non-hydrogen) atoms. The molecule has 5 heteroatoms. The minimum Gasteiger partial charge on any atom is -0.444 e. The van der Waals surface area contributed by atoms with Crippen LogP contribution < -0.4 is 10.6 Å². The molecule has 158 valence electrons. The summed E-state index contributed by atoms with van der Waals surface area (Å²) in [6.45, 7) is 2.39. The zero-order valence-electron chi connectivity index (χ0n) is 17.5. The fourth-order valence-corrected chi connectivity index (χ4v) is 3.82. The minimum atomic E-state index is -0.564. The van der Waals surface area contributed by atoms with Crippen LogP contribution in [0.1, 0.15) is 47.2 Å². The van der Waals surface area contributed by atoms with E-state index < -0.39 is 6.09 Å². The molecule has 2 amide bonds. The predicted molar refractivity (Wildman–Crippen MR) is 122 cm³/mol. The molecule has 0 aromatic heterocycles. The molecule has 3 aromatic rings. The van der Waals surface area contributed by atoms with Crippen molar-refractivity contribution in [3.05, 3.63) is 95.6 Å². The molecular formula is C26H26N2O3. The maximum Gasteiger partial charge on any atom is 0.411 e. The summed E-state index contributed by atoms with van der Waals surface area (Å²) in [5, 5.41) is 5.72. The average molecular weight is 415 g/mol. The van der Waals surface area contributed by atoms with Crippen LogP contribution in [0.25, 0.3) is 0 Å². The molecule has 2 N–H and O–H groups in total. The van der Waals surface area contributed by atoms with Crippen molar-refractivity contribution in [3.63, 3.8) is 0 Å². The van der Waals surface area contributed by atoms with E-state index in [1.807, 2.05) is 48.5 Å². The largest absolute Gasteiger partial charge is 0.444 e. The van der Waals surface area contributed by atoms with Gasteiger partial charge in [-0.05, 0) is 53.6 Å². The molecule has 1 fully saturated rings. The summed E-state index contributed by atoms with van der Waals surface area (Å²) in [6.07, 6.45) is 1.76. The maximum atomic E-state index is 12.9. The molecule has 1 aliphatic rings. The third kappa shape index (κ3) is 5.31. The van der Waals surface area contributed by atoms with E-state index in [2.05, 4.69) is 23.6 Å². The molecule has 4 rings (SSSR count). The summed E-state index contributed by atoms with van der Waals surface area (Å²) < 4.78 is 5.25. The molecule has 0 radical (unpaired) electrons. The third-order valence-corrected chi connectivity index (χ3v) is 5.64. The van der Waals surface area contributed by atoms with E-state index in [1.165, 1.54) is 12.0 Å². The van der Waals surface area contributed by atoms with Crippen molar-refractivity contribution in [2.45, 2.75) is 32.3 Å². The van der Waals surface area contributed by atoms with Crippen molar-refractivity contribution >= 4 is 23.4 Å². The molecule has 0 bridgehead atoms. The Kier molecular flexibility index (Phi) is 6.32. The Balaban J connectivity index is 1.38. The van der Waals surface area contributed by atoms with E-state index in [1.54, 1.807) is 24.3 Å². The summed E-state index contributed by atoms with van der Waals surface area (Å²) >= 11 is 0. The van der Waals surface area contributed by atoms with E-state index in [9.17, 15) is 9.59 Å². The second-order valence-electron chi connectivity index (χ2n) is 7.82. The van der Waals surface area contributed by atoms with Crippen LogP contribution >= 0.6 is 0 Å². The topological polar surface area (TPSA) is 67.4 Å². The van der Waals surface area contributed by atoms with Gasteiger partial charge in [0.25, 0.3) is 5.91 Å². The lowest BCUT2D eigenvalue weighted by atomic mass is 10.1. The highest BCUT2D eigenvalue weighted by Gasteiger charge is 2.37. The van der Waals surface area contributed by atoms with Gasteiger partial charge in [0, 0.05) is 16.9 Å². The molecule has 0 saturated heterocycles. The van der Waals surface area contributed by atoms with Gasteiger partial charge in [0.05, 0.1) is 0 Å². The predicted octanol–water partition coefficient (Wildman–Crippen LogP) is 6.20. The lowest BCUT2D eigenvalue weighted by Crippen LogP contribution is -2.16. The number of nitrogens with one attached hydrogen (secondary N) is 2. The van der Waals surface area contributed by atoms with Gasteiger partial charge in [0.2, 0.25) is 0 Å². The number of para-hydroxylation sites is 1. The van der Waals surface area contributed by atoms with Gasteiger partial charge in [-0.25, -0.2) is 4.79 Å². The fraction of sp³-hybridized carbons (Fsp3) is 0.231. The number of anilines is 2. The first-order chi connectivity index (χ1) is 15.1. The number of carbonyl (C=O) groups is 2. The van der Waals surface area contributed by atoms with Crippen LogP contribution in [0.5, 0.6) is 0 Å². The Morgan fingerprint density at radius 1 is 0.935 bits per heavy atom. The third-order valence-electron chi connectivity index (χ3n) is 5.64. The van der Waals surface area contributed by atoms with Crippen LogP contribution in [0.2, 0.25) is 0 Å². The van der Waals surface area contributed by atoms with Crippen LogP contribution in [-0.4, -0.2) is 12.0 Å². The van der Waals surface area contributed by atoms with Crippen LogP contribution in [0.4, 0.5) is 16.2 Å². The maximum absolute atomic E-state index is 12.9. The molecular weight excluding hydrogens is 388 g/mol. The van der Waals surface area contributed by atoms with E-state index >= 15 is 0 Å². The summed E-state index contributed by atoms with van der Waals surface area (Å²) in [7, 11) is 0. The standard InChI is InChI=1S/C26H26N2O3/c1-2-19-16-23(19)22-13-6-7-14-24(22)28-25(29)20-11-8-12-21(15-20)27-26(30)31-17-18-9-4-3-5-10-18/h3-15,19,23H,2,16-17H2,1H3,(H,27,30)(H,28,29)/t19-,23+/m1/s1. The fourth-order valence-electron chi connectivity index (χ4n) is 3.82. The highest BCUT2D eigenvalue weighted by Crippen LogP contribution is 2.51. The van der Waals surface area contributed by atoms with Gasteiger partial charge in [-0.1, -0.05) is 67.9 Å². The first-order valence-electron chi connectivity index (χ1n) is 10.6. The number of ether oxygens (including phenoxy) is 1. The number of benzene rings is 3. The second-order valence-corrected chi connectivity index (χ2v) is 7.82. The first kappa shape index (κ1) is 20.7. The molecule has 0 heterocycles. The number of rotatable bonds is 7. The van der Waals surface area contributed by atoms with Crippen LogP contribution in [0, 0.1) is 5.92 Å². The second kappa shape index (κ2) is 9.47. The molecule has 5 nitrogen and oxygen atoms in total. The van der Waals surface area contributed by atoms with E-state index in [0.29, 0.717) is 23.1 Å². The minimum absolute atomic E-state index is 0.184. The quantitative estimate of drug-likeness (QED) is 0.484. The molecule has 1 saturated carbocycles. The summed E-state index contributed by atoms with van der Waals surface area (Å²) in [4.78, 5) is 25.0. The first-order valence-corrected chi connectivity index (χ1v) is 10.6. The Morgan fingerprint density at radius 2 is 1.71 bits per heavy atom. The van der Waals surface area contributed by atoms with Gasteiger partial charge >= 0.3 is 6.09 Å². The lowest BCUT2D eigenvalue weighted by molar-refractivity contribution is 0.102. The monoisotopic (exact) mass is 414 g/mol. The number of hydrogen-bond donors (Lipinski definition) is 2. The van der Waals surface area contributed by atoms with Gasteiger partial charge in [0.1, 0.15) is 6.61 Å². The van der Waals surface area contributed by atoms with Crippen molar-refractivity contribution in [1.29, 1.82) is 0 Å². The smallest absolute Gasteiger partial charge is 0.411 e.